The number of amides is 1. The summed E-state index contributed by atoms with van der Waals surface area (Å²) < 4.78 is 10.8. The van der Waals surface area contributed by atoms with Crippen LogP contribution in [0.1, 0.15) is 12.0 Å². The minimum atomic E-state index is -1.13. The number of nitrogens with zero attached hydrogens (tertiary/aromatic N) is 1. The van der Waals surface area contributed by atoms with Crippen molar-refractivity contribution in [3.05, 3.63) is 48.6 Å². The molecule has 0 aliphatic heterocycles. The van der Waals surface area contributed by atoms with Crippen molar-refractivity contribution in [2.45, 2.75) is 24.9 Å². The van der Waals surface area contributed by atoms with Gasteiger partial charge in [-0.3, -0.25) is 9.59 Å². The number of nitrogens with two attached hydrogens (primary N) is 1. The molecule has 0 bridgehead atoms. The van der Waals surface area contributed by atoms with Gasteiger partial charge in [0.25, 0.3) is 0 Å². The first-order valence-corrected chi connectivity index (χ1v) is 9.46. The molecule has 1 aromatic rings. The van der Waals surface area contributed by atoms with E-state index in [0.29, 0.717) is 11.0 Å². The van der Waals surface area contributed by atoms with Crippen LogP contribution in [0.15, 0.2) is 43.0 Å². The van der Waals surface area contributed by atoms with Gasteiger partial charge in [-0.2, -0.15) is 0 Å². The molecule has 0 saturated carbocycles. The molecule has 29 heavy (non-hydrogen) atoms. The zero-order valence-corrected chi connectivity index (χ0v) is 17.4. The maximum absolute atomic E-state index is 12.6. The van der Waals surface area contributed by atoms with Crippen LogP contribution in [0.25, 0.3) is 0 Å². The monoisotopic (exact) mass is 406 g/mol. The van der Waals surface area contributed by atoms with Gasteiger partial charge in [-0.1, -0.05) is 43.0 Å². The Labute approximate surface area is 172 Å². The normalized spacial score (nSPS) is 13.1. The lowest BCUT2D eigenvalue weighted by atomic mass is 10.1. The number of hydrogen-bond donors (Lipinski definition) is 2. The molecule has 2 atom stereocenters. The lowest BCUT2D eigenvalue weighted by Crippen LogP contribution is -2.51. The van der Waals surface area contributed by atoms with Gasteiger partial charge in [0.05, 0.1) is 33.6 Å². The van der Waals surface area contributed by atoms with Crippen LogP contribution in [-0.2, 0) is 30.3 Å². The molecule has 1 aromatic carbocycles. The van der Waals surface area contributed by atoms with E-state index in [1.165, 1.54) is 6.08 Å². The van der Waals surface area contributed by atoms with Crippen LogP contribution in [0.2, 0.25) is 0 Å². The molecule has 1 amide bonds. The highest BCUT2D eigenvalue weighted by Crippen LogP contribution is 2.06. The summed E-state index contributed by atoms with van der Waals surface area (Å²) >= 11 is 0. The predicted octanol–water partition coefficient (Wildman–Crippen LogP) is 0.410. The first-order chi connectivity index (χ1) is 13.6. The Morgan fingerprint density at radius 3 is 2.41 bits per heavy atom. The second-order valence-corrected chi connectivity index (χ2v) is 7.71. The molecule has 0 saturated heterocycles. The number of hydrogen-bond acceptors (Lipinski definition) is 6. The topological polar surface area (TPSA) is 108 Å². The minimum Gasteiger partial charge on any atom is -0.461 e. The molecule has 1 rings (SSSR count). The SMILES string of the molecule is C=CCOC(=O)C[C@H](N)C(=O)N[C@@H](Cc1ccccc1)C(=O)OCC[N+](C)(C)C. The number of rotatable bonds is 12. The smallest absolute Gasteiger partial charge is 0.329 e. The molecule has 0 spiro atoms. The lowest BCUT2D eigenvalue weighted by molar-refractivity contribution is -0.870. The van der Waals surface area contributed by atoms with Crippen molar-refractivity contribution >= 4 is 17.8 Å². The maximum atomic E-state index is 12.6. The van der Waals surface area contributed by atoms with Gasteiger partial charge in [-0.05, 0) is 5.56 Å². The Morgan fingerprint density at radius 1 is 1.17 bits per heavy atom. The number of likely N-dealkylation sites (N-methyl/N-ethyl adjacent to an activating group) is 1. The molecule has 8 heteroatoms. The Hall–Kier alpha value is -2.71. The van der Waals surface area contributed by atoms with Gasteiger partial charge in [-0.15, -0.1) is 0 Å². The molecule has 3 N–H and O–H groups in total. The van der Waals surface area contributed by atoms with Crippen LogP contribution in [0.3, 0.4) is 0 Å². The molecule has 8 nitrogen and oxygen atoms in total. The summed E-state index contributed by atoms with van der Waals surface area (Å²) in [5.41, 5.74) is 6.66. The Bertz CT molecular complexity index is 685. The highest BCUT2D eigenvalue weighted by atomic mass is 16.5. The van der Waals surface area contributed by atoms with Crippen molar-refractivity contribution in [1.82, 2.24) is 5.32 Å². The molecule has 0 radical (unpaired) electrons. The Morgan fingerprint density at radius 2 is 1.83 bits per heavy atom. The number of esters is 2. The number of ether oxygens (including phenoxy) is 2. The van der Waals surface area contributed by atoms with Crippen LogP contribution in [0.5, 0.6) is 0 Å². The summed E-state index contributed by atoms with van der Waals surface area (Å²) in [4.78, 5) is 36.6. The van der Waals surface area contributed by atoms with Crippen LogP contribution >= 0.6 is 0 Å². The van der Waals surface area contributed by atoms with E-state index < -0.39 is 29.9 Å². The fourth-order valence-electron chi connectivity index (χ4n) is 2.33. The van der Waals surface area contributed by atoms with Crippen molar-refractivity contribution in [3.8, 4) is 0 Å². The summed E-state index contributed by atoms with van der Waals surface area (Å²) in [5, 5.41) is 2.60. The number of quaternary nitrogens is 1. The minimum absolute atomic E-state index is 0.0441. The molecule has 0 aliphatic carbocycles. The number of nitrogens with one attached hydrogen (secondary N) is 1. The third-order valence-electron chi connectivity index (χ3n) is 3.98. The standard InChI is InChI=1S/C21H31N3O5/c1-5-12-28-19(25)15-17(22)20(26)23-18(14-16-9-7-6-8-10-16)21(27)29-13-11-24(2,3)4/h5-10,17-18H,1,11-15,22H2,2-4H3/p+1/t17-,18-/m0/s1. The van der Waals surface area contributed by atoms with E-state index in [4.69, 9.17) is 15.2 Å². The second kappa shape index (κ2) is 12.0. The van der Waals surface area contributed by atoms with Crippen molar-refractivity contribution in [1.29, 1.82) is 0 Å². The summed E-state index contributed by atoms with van der Waals surface area (Å²) in [6.45, 7) is 4.35. The number of carbonyl (C=O) groups excluding carboxylic acids is 3. The number of benzene rings is 1. The van der Waals surface area contributed by atoms with Crippen molar-refractivity contribution < 1.29 is 28.3 Å². The van der Waals surface area contributed by atoms with Crippen molar-refractivity contribution in [2.24, 2.45) is 5.73 Å². The van der Waals surface area contributed by atoms with Crippen molar-refractivity contribution in [3.63, 3.8) is 0 Å². The highest BCUT2D eigenvalue weighted by Gasteiger charge is 2.27. The van der Waals surface area contributed by atoms with E-state index in [1.807, 2.05) is 51.5 Å². The summed E-state index contributed by atoms with van der Waals surface area (Å²) in [6, 6.07) is 7.21. The summed E-state index contributed by atoms with van der Waals surface area (Å²) in [5.74, 6) is -1.78. The quantitative estimate of drug-likeness (QED) is 0.296. The predicted molar refractivity (Wildman–Crippen MR) is 110 cm³/mol. The largest absolute Gasteiger partial charge is 0.461 e. The van der Waals surface area contributed by atoms with Gasteiger partial charge in [0, 0.05) is 6.42 Å². The third kappa shape index (κ3) is 10.4. The maximum Gasteiger partial charge on any atom is 0.329 e. The van der Waals surface area contributed by atoms with Crippen LogP contribution in [-0.4, -0.2) is 75.3 Å². The van der Waals surface area contributed by atoms with Gasteiger partial charge in [0.15, 0.2) is 0 Å². The fourth-order valence-corrected chi connectivity index (χ4v) is 2.33. The third-order valence-corrected chi connectivity index (χ3v) is 3.98. The summed E-state index contributed by atoms with van der Waals surface area (Å²) in [7, 11) is 5.96. The number of carbonyl (C=O) groups is 3. The lowest BCUT2D eigenvalue weighted by Gasteiger charge is -2.24. The molecule has 160 valence electrons. The van der Waals surface area contributed by atoms with E-state index >= 15 is 0 Å². The molecule has 0 aliphatic rings. The molecular weight excluding hydrogens is 374 g/mol. The molecular formula is C21H32N3O5+. The van der Waals surface area contributed by atoms with Gasteiger partial charge < -0.3 is 25.0 Å². The zero-order chi connectivity index (χ0) is 21.9. The fraction of sp³-hybridized carbons (Fsp3) is 0.476. The van der Waals surface area contributed by atoms with Gasteiger partial charge in [0.1, 0.15) is 25.8 Å². The van der Waals surface area contributed by atoms with Crippen LogP contribution in [0.4, 0.5) is 0 Å². The highest BCUT2D eigenvalue weighted by molar-refractivity contribution is 5.90. The van der Waals surface area contributed by atoms with E-state index in [-0.39, 0.29) is 26.1 Å². The first-order valence-electron chi connectivity index (χ1n) is 9.46. The molecule has 0 aromatic heterocycles. The average Bonchev–Trinajstić information content (AvgIpc) is 2.65. The van der Waals surface area contributed by atoms with Crippen LogP contribution in [0, 0.1) is 0 Å². The van der Waals surface area contributed by atoms with Gasteiger partial charge >= 0.3 is 11.9 Å². The van der Waals surface area contributed by atoms with E-state index in [1.54, 1.807) is 0 Å². The van der Waals surface area contributed by atoms with Gasteiger partial charge in [0.2, 0.25) is 5.91 Å². The zero-order valence-electron chi connectivity index (χ0n) is 17.4. The van der Waals surface area contributed by atoms with E-state index in [2.05, 4.69) is 11.9 Å². The molecule has 0 fully saturated rings. The molecule has 0 heterocycles. The van der Waals surface area contributed by atoms with Gasteiger partial charge in [-0.25, -0.2) is 4.79 Å². The summed E-state index contributed by atoms with van der Waals surface area (Å²) in [6.07, 6.45) is 1.38. The first kappa shape index (κ1) is 24.3. The Kier molecular flexibility index (Phi) is 10.1. The second-order valence-electron chi connectivity index (χ2n) is 7.71. The Balaban J connectivity index is 2.74. The van der Waals surface area contributed by atoms with Crippen molar-refractivity contribution in [2.75, 3.05) is 40.9 Å². The van der Waals surface area contributed by atoms with Crippen LogP contribution < -0.4 is 11.1 Å². The average molecular weight is 407 g/mol. The molecule has 0 unspecified atom stereocenters. The van der Waals surface area contributed by atoms with E-state index in [9.17, 15) is 14.4 Å². The van der Waals surface area contributed by atoms with E-state index in [0.717, 1.165) is 5.56 Å².